The lowest BCUT2D eigenvalue weighted by Gasteiger charge is -2.29. The van der Waals surface area contributed by atoms with Gasteiger partial charge in [-0.05, 0) is 36.1 Å². The van der Waals surface area contributed by atoms with Crippen molar-refractivity contribution in [2.75, 3.05) is 6.54 Å². The summed E-state index contributed by atoms with van der Waals surface area (Å²) in [7, 11) is 0. The second-order valence-electron chi connectivity index (χ2n) is 6.57. The summed E-state index contributed by atoms with van der Waals surface area (Å²) in [6.45, 7) is 3.56. The number of nitrogens with zero attached hydrogens (tertiary/aromatic N) is 1. The van der Waals surface area contributed by atoms with Crippen LogP contribution in [-0.4, -0.2) is 41.2 Å². The number of nitrogens with one attached hydrogen (secondary N) is 3. The topological polar surface area (TPSA) is 108 Å². The molecule has 0 bridgehead atoms. The summed E-state index contributed by atoms with van der Waals surface area (Å²) in [5.41, 5.74) is 2.40. The second-order valence-corrected chi connectivity index (χ2v) is 6.57. The third-order valence-electron chi connectivity index (χ3n) is 4.63. The van der Waals surface area contributed by atoms with Gasteiger partial charge in [-0.25, -0.2) is 4.79 Å². The zero-order valence-corrected chi connectivity index (χ0v) is 14.6. The van der Waals surface area contributed by atoms with Gasteiger partial charge in [0.05, 0.1) is 6.04 Å². The minimum atomic E-state index is -0.512. The second kappa shape index (κ2) is 7.65. The Labute approximate surface area is 151 Å². The maximum absolute atomic E-state index is 12.2. The number of imide groups is 2. The minimum Gasteiger partial charge on any atom is -0.338 e. The highest BCUT2D eigenvalue weighted by molar-refractivity contribution is 6.04. The summed E-state index contributed by atoms with van der Waals surface area (Å²) in [4.78, 5) is 49.2. The summed E-state index contributed by atoms with van der Waals surface area (Å²) < 4.78 is 0. The molecule has 2 aliphatic rings. The highest BCUT2D eigenvalue weighted by atomic mass is 16.2. The van der Waals surface area contributed by atoms with E-state index in [2.05, 4.69) is 16.0 Å². The van der Waals surface area contributed by atoms with Crippen molar-refractivity contribution < 1.29 is 19.2 Å². The van der Waals surface area contributed by atoms with Crippen LogP contribution in [-0.2, 0) is 22.7 Å². The molecule has 0 spiro atoms. The van der Waals surface area contributed by atoms with Gasteiger partial charge in [-0.15, -0.1) is 0 Å². The van der Waals surface area contributed by atoms with E-state index in [-0.39, 0.29) is 17.9 Å². The first-order valence-electron chi connectivity index (χ1n) is 8.76. The maximum atomic E-state index is 12.2. The molecule has 26 heavy (non-hydrogen) atoms. The Morgan fingerprint density at radius 3 is 2.73 bits per heavy atom. The highest BCUT2D eigenvalue weighted by Gasteiger charge is 2.34. The molecule has 3 rings (SSSR count). The predicted octanol–water partition coefficient (Wildman–Crippen LogP) is 0.657. The monoisotopic (exact) mass is 358 g/mol. The Morgan fingerprint density at radius 2 is 2.00 bits per heavy atom. The van der Waals surface area contributed by atoms with Crippen molar-refractivity contribution in [3.63, 3.8) is 0 Å². The molecule has 0 saturated carbocycles. The number of rotatable bonds is 4. The number of benzene rings is 1. The highest BCUT2D eigenvalue weighted by Crippen LogP contribution is 2.28. The average Bonchev–Trinajstić information content (AvgIpc) is 3.02. The number of hydrogen-bond acceptors (Lipinski definition) is 5. The Balaban J connectivity index is 1.64. The van der Waals surface area contributed by atoms with E-state index in [1.165, 1.54) is 0 Å². The van der Waals surface area contributed by atoms with Gasteiger partial charge < -0.3 is 5.32 Å². The summed E-state index contributed by atoms with van der Waals surface area (Å²) >= 11 is 0. The number of piperidine rings is 1. The van der Waals surface area contributed by atoms with E-state index in [4.69, 9.17) is 0 Å². The van der Waals surface area contributed by atoms with Crippen LogP contribution in [0.2, 0.25) is 0 Å². The van der Waals surface area contributed by atoms with Crippen molar-refractivity contribution in [2.24, 2.45) is 0 Å². The molecule has 5 amide bonds. The fraction of sp³-hybridized carbons (Fsp3) is 0.444. The summed E-state index contributed by atoms with van der Waals surface area (Å²) in [6, 6.07) is 4.43. The SMILES string of the molecule is CCCNC(=O)NC(=O)c1ccc2c(c1)CN(C1CCC(=O)NC1=O)C2. The normalized spacial score (nSPS) is 19.7. The molecule has 8 nitrogen and oxygen atoms in total. The molecule has 3 N–H and O–H groups in total. The largest absolute Gasteiger partial charge is 0.338 e. The summed E-state index contributed by atoms with van der Waals surface area (Å²) in [6.07, 6.45) is 1.63. The van der Waals surface area contributed by atoms with E-state index in [1.807, 2.05) is 17.9 Å². The standard InChI is InChI=1S/C18H22N4O4/c1-2-7-19-18(26)21-16(24)11-3-4-12-9-22(10-13(12)8-11)14-5-6-15(23)20-17(14)25/h3-4,8,14H,2,5-7,9-10H2,1H3,(H,20,23,25)(H2,19,21,24,26). The van der Waals surface area contributed by atoms with Crippen molar-refractivity contribution in [2.45, 2.75) is 45.3 Å². The molecule has 138 valence electrons. The van der Waals surface area contributed by atoms with Crippen LogP contribution >= 0.6 is 0 Å². The molecule has 2 heterocycles. The van der Waals surface area contributed by atoms with Crippen LogP contribution < -0.4 is 16.0 Å². The van der Waals surface area contributed by atoms with Crippen LogP contribution in [0.4, 0.5) is 4.79 Å². The first-order chi connectivity index (χ1) is 12.5. The molecule has 1 saturated heterocycles. The molecule has 1 unspecified atom stereocenters. The van der Waals surface area contributed by atoms with Gasteiger partial charge in [0.2, 0.25) is 11.8 Å². The molecular weight excluding hydrogens is 336 g/mol. The van der Waals surface area contributed by atoms with Gasteiger partial charge in [-0.2, -0.15) is 0 Å². The number of urea groups is 1. The van der Waals surface area contributed by atoms with Gasteiger partial charge >= 0.3 is 6.03 Å². The molecular formula is C18H22N4O4. The molecule has 1 atom stereocenters. The van der Waals surface area contributed by atoms with Crippen molar-refractivity contribution in [1.82, 2.24) is 20.9 Å². The number of amides is 5. The molecule has 1 fully saturated rings. The van der Waals surface area contributed by atoms with Crippen LogP contribution in [0.5, 0.6) is 0 Å². The lowest BCUT2D eigenvalue weighted by Crippen LogP contribution is -2.50. The molecule has 0 aromatic heterocycles. The van der Waals surface area contributed by atoms with Crippen molar-refractivity contribution in [3.8, 4) is 0 Å². The zero-order chi connectivity index (χ0) is 18.7. The number of fused-ring (bicyclic) bond motifs is 1. The van der Waals surface area contributed by atoms with Crippen molar-refractivity contribution in [1.29, 1.82) is 0 Å². The smallest absolute Gasteiger partial charge is 0.321 e. The van der Waals surface area contributed by atoms with Gasteiger partial charge in [0.1, 0.15) is 0 Å². The van der Waals surface area contributed by atoms with Gasteiger partial charge in [-0.1, -0.05) is 13.0 Å². The fourth-order valence-electron chi connectivity index (χ4n) is 3.27. The number of carbonyl (C=O) groups excluding carboxylic acids is 4. The van der Waals surface area contributed by atoms with Crippen LogP contribution in [0.15, 0.2) is 18.2 Å². The first kappa shape index (κ1) is 18.1. The van der Waals surface area contributed by atoms with Crippen LogP contribution in [0, 0.1) is 0 Å². The van der Waals surface area contributed by atoms with Crippen LogP contribution in [0.25, 0.3) is 0 Å². The first-order valence-corrected chi connectivity index (χ1v) is 8.76. The lowest BCUT2D eigenvalue weighted by atomic mass is 10.0. The molecule has 2 aliphatic heterocycles. The minimum absolute atomic E-state index is 0.233. The quantitative estimate of drug-likeness (QED) is 0.685. The molecule has 8 heteroatoms. The van der Waals surface area contributed by atoms with E-state index in [0.717, 1.165) is 17.5 Å². The summed E-state index contributed by atoms with van der Waals surface area (Å²) in [5, 5.41) is 7.27. The Morgan fingerprint density at radius 1 is 1.23 bits per heavy atom. The van der Waals surface area contributed by atoms with Crippen LogP contribution in [0.1, 0.15) is 47.7 Å². The van der Waals surface area contributed by atoms with Crippen molar-refractivity contribution >= 4 is 23.8 Å². The fourth-order valence-corrected chi connectivity index (χ4v) is 3.27. The molecule has 1 aromatic carbocycles. The third kappa shape index (κ3) is 3.91. The van der Waals surface area contributed by atoms with Gasteiger partial charge in [0.25, 0.3) is 5.91 Å². The Kier molecular flexibility index (Phi) is 5.32. The number of hydrogen-bond donors (Lipinski definition) is 3. The average molecular weight is 358 g/mol. The van der Waals surface area contributed by atoms with E-state index in [9.17, 15) is 19.2 Å². The molecule has 0 radical (unpaired) electrons. The molecule has 1 aromatic rings. The van der Waals surface area contributed by atoms with Gasteiger partial charge in [0.15, 0.2) is 0 Å². The number of carbonyl (C=O) groups is 4. The predicted molar refractivity (Wildman–Crippen MR) is 93.0 cm³/mol. The van der Waals surface area contributed by atoms with E-state index in [0.29, 0.717) is 38.0 Å². The van der Waals surface area contributed by atoms with Crippen LogP contribution in [0.3, 0.4) is 0 Å². The molecule has 0 aliphatic carbocycles. The van der Waals surface area contributed by atoms with E-state index < -0.39 is 11.9 Å². The van der Waals surface area contributed by atoms with Crippen molar-refractivity contribution in [3.05, 3.63) is 34.9 Å². The Bertz CT molecular complexity index is 762. The van der Waals surface area contributed by atoms with Gasteiger partial charge in [-0.3, -0.25) is 29.9 Å². The van der Waals surface area contributed by atoms with E-state index in [1.54, 1.807) is 12.1 Å². The van der Waals surface area contributed by atoms with Gasteiger partial charge in [0, 0.05) is 31.6 Å². The maximum Gasteiger partial charge on any atom is 0.321 e. The Hall–Kier alpha value is -2.74. The zero-order valence-electron chi connectivity index (χ0n) is 14.6. The van der Waals surface area contributed by atoms with E-state index >= 15 is 0 Å². The lowest BCUT2D eigenvalue weighted by molar-refractivity contribution is -0.137. The summed E-state index contributed by atoms with van der Waals surface area (Å²) in [5.74, 6) is -0.955. The third-order valence-corrected chi connectivity index (χ3v) is 4.63.